The van der Waals surface area contributed by atoms with E-state index in [1.54, 1.807) is 0 Å². The Morgan fingerprint density at radius 2 is 2.03 bits per heavy atom. The van der Waals surface area contributed by atoms with Crippen molar-refractivity contribution in [2.45, 2.75) is 52.6 Å². The first-order chi connectivity index (χ1) is 14.6. The number of carbonyl (C=O) groups excluding carboxylic acids is 1. The molecule has 1 aliphatic heterocycles. The molecule has 156 valence electrons. The summed E-state index contributed by atoms with van der Waals surface area (Å²) in [5, 5.41) is 4.07. The number of nitrogens with one attached hydrogen (secondary N) is 1. The van der Waals surface area contributed by atoms with E-state index in [0.717, 1.165) is 65.7 Å². The summed E-state index contributed by atoms with van der Waals surface area (Å²) < 4.78 is 0. The molecule has 0 unspecified atom stereocenters. The van der Waals surface area contributed by atoms with Crippen molar-refractivity contribution in [3.05, 3.63) is 74.9 Å². The number of fused-ring (bicyclic) bond motifs is 1. The number of thiazole rings is 1. The van der Waals surface area contributed by atoms with Crippen LogP contribution in [0, 0.1) is 6.92 Å². The molecule has 4 rings (SSSR count). The van der Waals surface area contributed by atoms with Gasteiger partial charge in [-0.2, -0.15) is 0 Å². The second kappa shape index (κ2) is 9.39. The molecule has 0 atom stereocenters. The number of aryl methyl sites for hydroxylation is 2. The van der Waals surface area contributed by atoms with Crippen LogP contribution in [0.4, 0.5) is 5.82 Å². The first kappa shape index (κ1) is 20.5. The maximum Gasteiger partial charge on any atom is 0.263 e. The maximum atomic E-state index is 12.6. The van der Waals surface area contributed by atoms with E-state index >= 15 is 0 Å². The van der Waals surface area contributed by atoms with Crippen LogP contribution in [0.15, 0.2) is 42.6 Å². The Morgan fingerprint density at radius 1 is 1.20 bits per heavy atom. The third-order valence-electron chi connectivity index (χ3n) is 5.51. The number of anilines is 1. The van der Waals surface area contributed by atoms with Crippen molar-refractivity contribution in [2.24, 2.45) is 0 Å². The zero-order valence-electron chi connectivity index (χ0n) is 17.6. The molecule has 1 amide bonds. The van der Waals surface area contributed by atoms with Crippen LogP contribution in [-0.2, 0) is 25.9 Å². The van der Waals surface area contributed by atoms with Gasteiger partial charge in [0.2, 0.25) is 0 Å². The molecule has 0 bridgehead atoms. The Bertz CT molecular complexity index is 1010. The Hall–Kier alpha value is -2.73. The highest BCUT2D eigenvalue weighted by Crippen LogP contribution is 2.23. The molecule has 30 heavy (non-hydrogen) atoms. The van der Waals surface area contributed by atoms with E-state index in [1.807, 2.05) is 13.1 Å². The number of hydrogen-bond donors (Lipinski definition) is 1. The molecule has 0 spiro atoms. The van der Waals surface area contributed by atoms with Gasteiger partial charge >= 0.3 is 0 Å². The topological polar surface area (TPSA) is 58.1 Å². The predicted molar refractivity (Wildman–Crippen MR) is 122 cm³/mol. The molecule has 0 saturated heterocycles. The van der Waals surface area contributed by atoms with E-state index < -0.39 is 0 Å². The lowest BCUT2D eigenvalue weighted by molar-refractivity contribution is 0.0954. The van der Waals surface area contributed by atoms with Gasteiger partial charge < -0.3 is 10.2 Å². The highest BCUT2D eigenvalue weighted by Gasteiger charge is 2.17. The third kappa shape index (κ3) is 4.70. The fourth-order valence-corrected chi connectivity index (χ4v) is 4.78. The summed E-state index contributed by atoms with van der Waals surface area (Å²) in [6, 6.07) is 12.7. The Kier molecular flexibility index (Phi) is 6.43. The van der Waals surface area contributed by atoms with Crippen LogP contribution in [0.5, 0.6) is 0 Å². The van der Waals surface area contributed by atoms with E-state index in [1.165, 1.54) is 22.5 Å². The smallest absolute Gasteiger partial charge is 0.263 e. The highest BCUT2D eigenvalue weighted by molar-refractivity contribution is 7.13. The number of carbonyl (C=O) groups is 1. The SMILES string of the molecule is CCCCc1nc(C)c(C(=O)NCc2ccc(N3CCc4ccccc4C3)nc2)s1. The van der Waals surface area contributed by atoms with Crippen molar-refractivity contribution in [1.29, 1.82) is 0 Å². The summed E-state index contributed by atoms with van der Waals surface area (Å²) in [4.78, 5) is 24.8. The van der Waals surface area contributed by atoms with Crippen molar-refractivity contribution in [1.82, 2.24) is 15.3 Å². The lowest BCUT2D eigenvalue weighted by Gasteiger charge is -2.29. The van der Waals surface area contributed by atoms with E-state index in [2.05, 4.69) is 63.5 Å². The molecule has 1 aromatic carbocycles. The van der Waals surface area contributed by atoms with Crippen LogP contribution in [0.25, 0.3) is 0 Å². The van der Waals surface area contributed by atoms with Gasteiger partial charge in [0.15, 0.2) is 0 Å². The van der Waals surface area contributed by atoms with Crippen molar-refractivity contribution in [2.75, 3.05) is 11.4 Å². The fraction of sp³-hybridized carbons (Fsp3) is 0.375. The number of hydrogen-bond acceptors (Lipinski definition) is 5. The summed E-state index contributed by atoms with van der Waals surface area (Å²) in [5.74, 6) is 0.933. The molecule has 3 aromatic rings. The van der Waals surface area contributed by atoms with E-state index in [0.29, 0.717) is 6.54 Å². The van der Waals surface area contributed by atoms with Gasteiger partial charge in [-0.25, -0.2) is 9.97 Å². The molecule has 5 nitrogen and oxygen atoms in total. The average molecular weight is 421 g/mol. The standard InChI is InChI=1S/C24H28N4OS/c1-3-4-9-22-27-17(2)23(30-22)24(29)26-15-18-10-11-21(25-14-18)28-13-12-19-7-5-6-8-20(19)16-28/h5-8,10-11,14H,3-4,9,12-13,15-16H2,1-2H3,(H,26,29). The summed E-state index contributed by atoms with van der Waals surface area (Å²) in [5.41, 5.74) is 4.63. The molecule has 2 aromatic heterocycles. The number of pyridine rings is 1. The largest absolute Gasteiger partial charge is 0.352 e. The number of nitrogens with zero attached hydrogens (tertiary/aromatic N) is 3. The minimum atomic E-state index is -0.0514. The fourth-order valence-electron chi connectivity index (χ4n) is 3.76. The van der Waals surface area contributed by atoms with Crippen LogP contribution in [-0.4, -0.2) is 22.4 Å². The Balaban J connectivity index is 1.34. The number of rotatable bonds is 7. The molecular weight excluding hydrogens is 392 g/mol. The molecule has 3 heterocycles. The molecule has 1 aliphatic rings. The Labute approximate surface area is 182 Å². The summed E-state index contributed by atoms with van der Waals surface area (Å²) in [6.07, 6.45) is 6.09. The molecule has 0 saturated carbocycles. The summed E-state index contributed by atoms with van der Waals surface area (Å²) >= 11 is 1.51. The van der Waals surface area contributed by atoms with Gasteiger partial charge in [0.1, 0.15) is 10.7 Å². The van der Waals surface area contributed by atoms with E-state index in [9.17, 15) is 4.79 Å². The Morgan fingerprint density at radius 3 is 2.80 bits per heavy atom. The number of amides is 1. The van der Waals surface area contributed by atoms with Crippen LogP contribution < -0.4 is 10.2 Å². The van der Waals surface area contributed by atoms with Gasteiger partial charge in [0.05, 0.1) is 10.7 Å². The second-order valence-corrected chi connectivity index (χ2v) is 8.86. The third-order valence-corrected chi connectivity index (χ3v) is 6.72. The molecule has 0 aliphatic carbocycles. The van der Waals surface area contributed by atoms with E-state index in [-0.39, 0.29) is 5.91 Å². The van der Waals surface area contributed by atoms with Gasteiger partial charge in [-0.1, -0.05) is 43.7 Å². The lowest BCUT2D eigenvalue weighted by atomic mass is 10.00. The van der Waals surface area contributed by atoms with Crippen molar-refractivity contribution >= 4 is 23.1 Å². The van der Waals surface area contributed by atoms with Crippen LogP contribution in [0.2, 0.25) is 0 Å². The first-order valence-electron chi connectivity index (χ1n) is 10.6. The van der Waals surface area contributed by atoms with Crippen molar-refractivity contribution in [3.63, 3.8) is 0 Å². The predicted octanol–water partition coefficient (Wildman–Crippen LogP) is 4.68. The summed E-state index contributed by atoms with van der Waals surface area (Å²) in [7, 11) is 0. The van der Waals surface area contributed by atoms with Gasteiger partial charge in [-0.05, 0) is 48.9 Å². The minimum Gasteiger partial charge on any atom is -0.352 e. The number of unbranched alkanes of at least 4 members (excludes halogenated alkanes) is 1. The van der Waals surface area contributed by atoms with Crippen molar-refractivity contribution in [3.8, 4) is 0 Å². The molecule has 1 N–H and O–H groups in total. The maximum absolute atomic E-state index is 12.6. The van der Waals surface area contributed by atoms with Crippen molar-refractivity contribution < 1.29 is 4.79 Å². The van der Waals surface area contributed by atoms with Crippen LogP contribution in [0.1, 0.15) is 56.8 Å². The summed E-state index contributed by atoms with van der Waals surface area (Å²) in [6.45, 7) is 6.41. The van der Waals surface area contributed by atoms with Gasteiger partial charge in [0, 0.05) is 25.8 Å². The second-order valence-electron chi connectivity index (χ2n) is 7.77. The highest BCUT2D eigenvalue weighted by atomic mass is 32.1. The van der Waals surface area contributed by atoms with Gasteiger partial charge in [0.25, 0.3) is 5.91 Å². The zero-order valence-corrected chi connectivity index (χ0v) is 18.5. The lowest BCUT2D eigenvalue weighted by Crippen LogP contribution is -2.31. The van der Waals surface area contributed by atoms with Crippen LogP contribution >= 0.6 is 11.3 Å². The van der Waals surface area contributed by atoms with E-state index in [4.69, 9.17) is 0 Å². The van der Waals surface area contributed by atoms with Crippen LogP contribution in [0.3, 0.4) is 0 Å². The average Bonchev–Trinajstić information content (AvgIpc) is 3.16. The molecule has 6 heteroatoms. The first-order valence-corrected chi connectivity index (χ1v) is 11.5. The number of benzene rings is 1. The molecule has 0 fully saturated rings. The zero-order chi connectivity index (χ0) is 20.9. The normalized spacial score (nSPS) is 13.2. The molecule has 0 radical (unpaired) electrons. The van der Waals surface area contributed by atoms with Gasteiger partial charge in [-0.3, -0.25) is 4.79 Å². The van der Waals surface area contributed by atoms with Gasteiger partial charge in [-0.15, -0.1) is 11.3 Å². The quantitative estimate of drug-likeness (QED) is 0.603. The monoisotopic (exact) mass is 420 g/mol. The molecular formula is C24H28N4OS. The minimum absolute atomic E-state index is 0.0514. The number of aromatic nitrogens is 2.